The monoisotopic (exact) mass is 425 g/mol. The maximum Gasteiger partial charge on any atom is 0.243 e. The van der Waals surface area contributed by atoms with E-state index in [-0.39, 0.29) is 5.69 Å². The second-order valence-electron chi connectivity index (χ2n) is 6.73. The summed E-state index contributed by atoms with van der Waals surface area (Å²) >= 11 is 0. The first-order valence-electron chi connectivity index (χ1n) is 9.09. The number of hydrogen-bond donors (Lipinski definition) is 1. The van der Waals surface area contributed by atoms with E-state index in [9.17, 15) is 22.0 Å². The summed E-state index contributed by atoms with van der Waals surface area (Å²) in [4.78, 5) is 14.5. The highest BCUT2D eigenvalue weighted by atomic mass is 32.2. The summed E-state index contributed by atoms with van der Waals surface area (Å²) in [5, 5.41) is 2.70. The Morgan fingerprint density at radius 1 is 1.07 bits per heavy atom. The van der Waals surface area contributed by atoms with Crippen LogP contribution in [0.3, 0.4) is 0 Å². The predicted octanol–water partition coefficient (Wildman–Crippen LogP) is 2.76. The van der Waals surface area contributed by atoms with Gasteiger partial charge in [-0.05, 0) is 37.6 Å². The minimum Gasteiger partial charge on any atom is -0.375 e. The Kier molecular flexibility index (Phi) is 7.55. The molecule has 0 saturated heterocycles. The van der Waals surface area contributed by atoms with E-state index in [1.165, 1.54) is 6.92 Å². The third-order valence-electron chi connectivity index (χ3n) is 4.41. The van der Waals surface area contributed by atoms with Gasteiger partial charge >= 0.3 is 0 Å². The van der Waals surface area contributed by atoms with Crippen LogP contribution in [-0.4, -0.2) is 46.8 Å². The molecule has 1 N–H and O–H groups in total. The van der Waals surface area contributed by atoms with Gasteiger partial charge in [0.15, 0.2) is 11.6 Å². The van der Waals surface area contributed by atoms with Crippen LogP contribution in [0.2, 0.25) is 0 Å². The number of para-hydroxylation sites is 1. The molecule has 0 fully saturated rings. The number of anilines is 2. The molecule has 2 aromatic rings. The molecular weight excluding hydrogens is 400 g/mol. The Bertz CT molecular complexity index is 939. The standard InChI is InChI=1S/C20H25F2N3O3S/c1-15(25(29(3,27)28)17-10-11-18(21)19(22)14-17)20(26)23-12-7-13-24(2)16-8-5-4-6-9-16/h4-6,8-11,14-15H,7,12-13H2,1-3H3,(H,23,26). The summed E-state index contributed by atoms with van der Waals surface area (Å²) in [5.74, 6) is -2.81. The van der Waals surface area contributed by atoms with Gasteiger partial charge in [0, 0.05) is 31.9 Å². The Labute approximate surface area is 170 Å². The van der Waals surface area contributed by atoms with Gasteiger partial charge in [0.1, 0.15) is 6.04 Å². The number of amides is 1. The average molecular weight is 426 g/mol. The van der Waals surface area contributed by atoms with Crippen molar-refractivity contribution < 1.29 is 22.0 Å². The van der Waals surface area contributed by atoms with Crippen LogP contribution in [0.4, 0.5) is 20.2 Å². The molecule has 1 amide bonds. The van der Waals surface area contributed by atoms with E-state index in [1.807, 2.05) is 42.3 Å². The molecule has 0 heterocycles. The molecule has 9 heteroatoms. The first kappa shape index (κ1) is 22.6. The van der Waals surface area contributed by atoms with Crippen LogP contribution in [-0.2, 0) is 14.8 Å². The van der Waals surface area contributed by atoms with Crippen molar-refractivity contribution in [1.29, 1.82) is 0 Å². The quantitative estimate of drug-likeness (QED) is 0.628. The molecular formula is C20H25F2N3O3S. The van der Waals surface area contributed by atoms with Gasteiger partial charge in [-0.1, -0.05) is 18.2 Å². The molecule has 0 spiro atoms. The molecule has 1 atom stereocenters. The zero-order valence-electron chi connectivity index (χ0n) is 16.6. The van der Waals surface area contributed by atoms with Gasteiger partial charge < -0.3 is 10.2 Å². The van der Waals surface area contributed by atoms with Crippen molar-refractivity contribution >= 4 is 27.3 Å². The summed E-state index contributed by atoms with van der Waals surface area (Å²) in [5.41, 5.74) is 0.937. The van der Waals surface area contributed by atoms with Gasteiger partial charge in [-0.2, -0.15) is 0 Å². The van der Waals surface area contributed by atoms with Gasteiger partial charge in [-0.3, -0.25) is 9.10 Å². The zero-order chi connectivity index (χ0) is 21.6. The van der Waals surface area contributed by atoms with Gasteiger partial charge in [-0.25, -0.2) is 17.2 Å². The molecule has 0 aliphatic heterocycles. The van der Waals surface area contributed by atoms with Crippen molar-refractivity contribution in [1.82, 2.24) is 5.32 Å². The van der Waals surface area contributed by atoms with Gasteiger partial charge in [0.25, 0.3) is 0 Å². The van der Waals surface area contributed by atoms with Crippen molar-refractivity contribution in [2.24, 2.45) is 0 Å². The minimum absolute atomic E-state index is 0.113. The molecule has 0 aliphatic rings. The molecule has 0 aliphatic carbocycles. The van der Waals surface area contributed by atoms with E-state index in [0.717, 1.165) is 34.4 Å². The highest BCUT2D eigenvalue weighted by molar-refractivity contribution is 7.92. The Morgan fingerprint density at radius 3 is 2.31 bits per heavy atom. The van der Waals surface area contributed by atoms with Gasteiger partial charge in [0.05, 0.1) is 11.9 Å². The lowest BCUT2D eigenvalue weighted by molar-refractivity contribution is -0.121. The molecule has 2 aromatic carbocycles. The summed E-state index contributed by atoms with van der Waals surface area (Å²) in [7, 11) is -1.96. The largest absolute Gasteiger partial charge is 0.375 e. The van der Waals surface area contributed by atoms with Gasteiger partial charge in [-0.15, -0.1) is 0 Å². The van der Waals surface area contributed by atoms with Crippen LogP contribution >= 0.6 is 0 Å². The number of carbonyl (C=O) groups is 1. The first-order chi connectivity index (χ1) is 13.6. The topological polar surface area (TPSA) is 69.7 Å². The molecule has 1 unspecified atom stereocenters. The third kappa shape index (κ3) is 6.15. The lowest BCUT2D eigenvalue weighted by atomic mass is 10.2. The lowest BCUT2D eigenvalue weighted by Crippen LogP contribution is -2.48. The summed E-state index contributed by atoms with van der Waals surface area (Å²) in [6.07, 6.45) is 1.56. The van der Waals surface area contributed by atoms with Crippen molar-refractivity contribution in [3.8, 4) is 0 Å². The number of rotatable bonds is 9. The Morgan fingerprint density at radius 2 is 1.72 bits per heavy atom. The van der Waals surface area contributed by atoms with E-state index in [0.29, 0.717) is 19.5 Å². The lowest BCUT2D eigenvalue weighted by Gasteiger charge is -2.28. The fourth-order valence-electron chi connectivity index (χ4n) is 2.92. The molecule has 29 heavy (non-hydrogen) atoms. The fourth-order valence-corrected chi connectivity index (χ4v) is 4.08. The van der Waals surface area contributed by atoms with Crippen molar-refractivity contribution in [2.75, 3.05) is 35.6 Å². The fraction of sp³-hybridized carbons (Fsp3) is 0.350. The summed E-state index contributed by atoms with van der Waals surface area (Å²) in [6, 6.07) is 11.3. The number of carbonyl (C=O) groups excluding carboxylic acids is 1. The predicted molar refractivity (Wildman–Crippen MR) is 110 cm³/mol. The average Bonchev–Trinajstić information content (AvgIpc) is 2.67. The Balaban J connectivity index is 1.98. The van der Waals surface area contributed by atoms with Gasteiger partial charge in [0.2, 0.25) is 15.9 Å². The van der Waals surface area contributed by atoms with Crippen molar-refractivity contribution in [3.63, 3.8) is 0 Å². The van der Waals surface area contributed by atoms with E-state index in [1.54, 1.807) is 0 Å². The third-order valence-corrected chi connectivity index (χ3v) is 5.65. The van der Waals surface area contributed by atoms with Crippen LogP contribution in [0.5, 0.6) is 0 Å². The highest BCUT2D eigenvalue weighted by Gasteiger charge is 2.29. The van der Waals surface area contributed by atoms with E-state index in [2.05, 4.69) is 5.32 Å². The molecule has 0 radical (unpaired) electrons. The minimum atomic E-state index is -3.90. The maximum atomic E-state index is 13.6. The molecule has 158 valence electrons. The molecule has 2 rings (SSSR count). The summed E-state index contributed by atoms with van der Waals surface area (Å²) in [6.45, 7) is 2.43. The van der Waals surface area contributed by atoms with Crippen LogP contribution in [0.15, 0.2) is 48.5 Å². The zero-order valence-corrected chi connectivity index (χ0v) is 17.4. The maximum absolute atomic E-state index is 13.6. The molecule has 0 bridgehead atoms. The smallest absolute Gasteiger partial charge is 0.243 e. The number of nitrogens with one attached hydrogen (secondary N) is 1. The molecule has 0 aromatic heterocycles. The number of nitrogens with zero attached hydrogens (tertiary/aromatic N) is 2. The SMILES string of the molecule is CC(C(=O)NCCCN(C)c1ccccc1)N(c1ccc(F)c(F)c1)S(C)(=O)=O. The number of sulfonamides is 1. The second kappa shape index (κ2) is 9.69. The molecule has 0 saturated carbocycles. The highest BCUT2D eigenvalue weighted by Crippen LogP contribution is 2.23. The molecule has 6 nitrogen and oxygen atoms in total. The first-order valence-corrected chi connectivity index (χ1v) is 10.9. The van der Waals surface area contributed by atoms with Crippen molar-refractivity contribution in [3.05, 3.63) is 60.2 Å². The summed E-state index contributed by atoms with van der Waals surface area (Å²) < 4.78 is 51.9. The number of halogens is 2. The van der Waals surface area contributed by atoms with Crippen LogP contribution in [0.1, 0.15) is 13.3 Å². The van der Waals surface area contributed by atoms with Crippen LogP contribution in [0.25, 0.3) is 0 Å². The Hall–Kier alpha value is -2.68. The van der Waals surface area contributed by atoms with Crippen LogP contribution in [0, 0.1) is 11.6 Å². The van der Waals surface area contributed by atoms with E-state index >= 15 is 0 Å². The van der Waals surface area contributed by atoms with E-state index in [4.69, 9.17) is 0 Å². The number of hydrogen-bond acceptors (Lipinski definition) is 4. The van der Waals surface area contributed by atoms with E-state index < -0.39 is 33.6 Å². The normalized spacial score (nSPS) is 12.3. The number of benzene rings is 2. The van der Waals surface area contributed by atoms with Crippen molar-refractivity contribution in [2.45, 2.75) is 19.4 Å². The van der Waals surface area contributed by atoms with Crippen LogP contribution < -0.4 is 14.5 Å². The second-order valence-corrected chi connectivity index (χ2v) is 8.59.